The van der Waals surface area contributed by atoms with E-state index in [-0.39, 0.29) is 12.1 Å². The first-order valence-corrected chi connectivity index (χ1v) is 7.81. The van der Waals surface area contributed by atoms with Gasteiger partial charge in [-0.15, -0.1) is 0 Å². The fourth-order valence-corrected chi connectivity index (χ4v) is 1.93. The molecule has 0 aliphatic heterocycles. The maximum absolute atomic E-state index is 13.5. The highest BCUT2D eigenvalue weighted by Gasteiger charge is 2.51. The molecular formula is C17H21F4N3O. The van der Waals surface area contributed by atoms with E-state index < -0.39 is 23.8 Å². The standard InChI is InChI=1S/C17H21F4N3O/c1-4-5-6-13(22-3)14(15(25)17(20,21)16(18)19)24-23-12-9-7-11(2)8-10-12/h7-10,16,23H,4-6H2,1-3H3/b22-13?,24-14-. The van der Waals surface area contributed by atoms with Gasteiger partial charge in [-0.25, -0.2) is 8.78 Å². The van der Waals surface area contributed by atoms with Crippen LogP contribution in [0.1, 0.15) is 31.7 Å². The van der Waals surface area contributed by atoms with E-state index in [2.05, 4.69) is 15.5 Å². The van der Waals surface area contributed by atoms with Crippen molar-refractivity contribution in [3.63, 3.8) is 0 Å². The molecule has 0 bridgehead atoms. The first-order chi connectivity index (χ1) is 11.7. The summed E-state index contributed by atoms with van der Waals surface area (Å²) in [6.07, 6.45) is -2.65. The number of nitrogens with one attached hydrogen (secondary N) is 1. The number of hydrogen-bond acceptors (Lipinski definition) is 4. The van der Waals surface area contributed by atoms with Gasteiger partial charge >= 0.3 is 12.3 Å². The van der Waals surface area contributed by atoms with E-state index in [9.17, 15) is 22.4 Å². The first-order valence-electron chi connectivity index (χ1n) is 7.81. The molecule has 0 spiro atoms. The summed E-state index contributed by atoms with van der Waals surface area (Å²) in [7, 11) is 1.31. The van der Waals surface area contributed by atoms with Crippen molar-refractivity contribution in [2.24, 2.45) is 10.1 Å². The second kappa shape index (κ2) is 9.29. The van der Waals surface area contributed by atoms with Crippen molar-refractivity contribution < 1.29 is 22.4 Å². The van der Waals surface area contributed by atoms with Crippen LogP contribution in [0.25, 0.3) is 0 Å². The number of carbonyl (C=O) groups is 1. The van der Waals surface area contributed by atoms with Crippen molar-refractivity contribution in [1.82, 2.24) is 0 Å². The number of rotatable bonds is 9. The Balaban J connectivity index is 3.19. The highest BCUT2D eigenvalue weighted by atomic mass is 19.3. The van der Waals surface area contributed by atoms with Gasteiger partial charge in [0.25, 0.3) is 5.78 Å². The van der Waals surface area contributed by atoms with Gasteiger partial charge in [-0.2, -0.15) is 13.9 Å². The van der Waals surface area contributed by atoms with Crippen LogP contribution in [0, 0.1) is 6.92 Å². The molecule has 0 aliphatic rings. The molecule has 4 nitrogen and oxygen atoms in total. The van der Waals surface area contributed by atoms with Crippen molar-refractivity contribution >= 4 is 22.9 Å². The Morgan fingerprint density at radius 3 is 2.32 bits per heavy atom. The Bertz CT molecular complexity index is 640. The second-order valence-corrected chi connectivity index (χ2v) is 5.46. The number of ketones is 1. The Hall–Kier alpha value is -2.25. The van der Waals surface area contributed by atoms with Crippen molar-refractivity contribution in [3.8, 4) is 0 Å². The minimum atomic E-state index is -4.82. The van der Waals surface area contributed by atoms with E-state index in [0.29, 0.717) is 12.1 Å². The molecule has 0 heterocycles. The lowest BCUT2D eigenvalue weighted by molar-refractivity contribution is -0.159. The molecule has 0 aromatic heterocycles. The van der Waals surface area contributed by atoms with E-state index >= 15 is 0 Å². The lowest BCUT2D eigenvalue weighted by atomic mass is 10.0. The number of benzene rings is 1. The van der Waals surface area contributed by atoms with E-state index in [1.807, 2.05) is 13.8 Å². The number of Topliss-reactive ketones (excluding diaryl/α,β-unsaturated/α-hetero) is 1. The largest absolute Gasteiger partial charge is 0.370 e. The van der Waals surface area contributed by atoms with Gasteiger partial charge in [0.1, 0.15) is 0 Å². The fourth-order valence-electron chi connectivity index (χ4n) is 1.93. The lowest BCUT2D eigenvalue weighted by Crippen LogP contribution is -2.44. The Kier molecular flexibility index (Phi) is 7.73. The molecule has 25 heavy (non-hydrogen) atoms. The minimum Gasteiger partial charge on any atom is -0.291 e. The highest BCUT2D eigenvalue weighted by Crippen LogP contribution is 2.25. The van der Waals surface area contributed by atoms with Crippen LogP contribution in [0.5, 0.6) is 0 Å². The third-order valence-electron chi connectivity index (χ3n) is 3.45. The molecule has 1 aromatic rings. The number of hydrazone groups is 1. The quantitative estimate of drug-likeness (QED) is 0.401. The molecule has 0 saturated carbocycles. The summed E-state index contributed by atoms with van der Waals surface area (Å²) in [5, 5.41) is 3.67. The van der Waals surface area contributed by atoms with Gasteiger partial charge in [0.15, 0.2) is 5.71 Å². The predicted molar refractivity (Wildman–Crippen MR) is 91.1 cm³/mol. The second-order valence-electron chi connectivity index (χ2n) is 5.46. The number of halogens is 4. The molecule has 0 amide bonds. The van der Waals surface area contributed by atoms with Gasteiger partial charge < -0.3 is 0 Å². The van der Waals surface area contributed by atoms with Gasteiger partial charge in [0.2, 0.25) is 0 Å². The normalized spacial score (nSPS) is 13.3. The smallest absolute Gasteiger partial charge is 0.291 e. The number of hydrogen-bond donors (Lipinski definition) is 1. The monoisotopic (exact) mass is 359 g/mol. The number of aliphatic imine (C=N–C) groups is 1. The Morgan fingerprint density at radius 1 is 1.24 bits per heavy atom. The summed E-state index contributed by atoms with van der Waals surface area (Å²) in [6, 6.07) is 6.75. The molecule has 1 N–H and O–H groups in total. The van der Waals surface area contributed by atoms with Gasteiger partial charge in [-0.1, -0.05) is 31.0 Å². The summed E-state index contributed by atoms with van der Waals surface area (Å²) in [6.45, 7) is 3.72. The minimum absolute atomic E-state index is 0.0354. The van der Waals surface area contributed by atoms with E-state index in [0.717, 1.165) is 12.0 Å². The number of anilines is 1. The number of aryl methyl sites for hydroxylation is 1. The van der Waals surface area contributed by atoms with Crippen LogP contribution in [0.4, 0.5) is 23.2 Å². The summed E-state index contributed by atoms with van der Waals surface area (Å²) in [5.41, 5.74) is 3.05. The highest BCUT2D eigenvalue weighted by molar-refractivity contribution is 6.68. The number of carbonyl (C=O) groups excluding carboxylic acids is 1. The number of alkyl halides is 4. The summed E-state index contributed by atoms with van der Waals surface area (Å²) >= 11 is 0. The lowest BCUT2D eigenvalue weighted by Gasteiger charge is -2.16. The third-order valence-corrected chi connectivity index (χ3v) is 3.45. The molecule has 138 valence electrons. The van der Waals surface area contributed by atoms with Crippen LogP contribution >= 0.6 is 0 Å². The first kappa shape index (κ1) is 20.8. The van der Waals surface area contributed by atoms with Gasteiger partial charge in [0.05, 0.1) is 11.4 Å². The van der Waals surface area contributed by atoms with Gasteiger partial charge in [0, 0.05) is 7.05 Å². The Labute approximate surface area is 144 Å². The van der Waals surface area contributed by atoms with Crippen molar-refractivity contribution in [2.75, 3.05) is 12.5 Å². The molecule has 0 atom stereocenters. The molecule has 0 radical (unpaired) electrons. The Morgan fingerprint density at radius 2 is 1.84 bits per heavy atom. The van der Waals surface area contributed by atoms with E-state index in [4.69, 9.17) is 0 Å². The molecule has 0 fully saturated rings. The SMILES string of the molecule is CCCCC(=NC)/C(=N/Nc1ccc(C)cc1)C(=O)C(F)(F)C(F)F. The average molecular weight is 359 g/mol. The van der Waals surface area contributed by atoms with Crippen LogP contribution in [0.15, 0.2) is 34.4 Å². The third kappa shape index (κ3) is 5.65. The van der Waals surface area contributed by atoms with E-state index in [1.165, 1.54) is 7.05 Å². The average Bonchev–Trinajstić information content (AvgIpc) is 2.58. The van der Waals surface area contributed by atoms with Crippen LogP contribution in [-0.2, 0) is 4.79 Å². The number of nitrogens with zero attached hydrogens (tertiary/aromatic N) is 2. The van der Waals surface area contributed by atoms with Crippen LogP contribution in [0.2, 0.25) is 0 Å². The molecule has 1 rings (SSSR count). The zero-order chi connectivity index (χ0) is 19.0. The summed E-state index contributed by atoms with van der Waals surface area (Å²) < 4.78 is 52.2. The molecule has 8 heteroatoms. The van der Waals surface area contributed by atoms with Gasteiger partial charge in [-0.05, 0) is 31.9 Å². The molecule has 0 unspecified atom stereocenters. The van der Waals surface area contributed by atoms with Crippen LogP contribution < -0.4 is 5.43 Å². The maximum Gasteiger partial charge on any atom is 0.370 e. The maximum atomic E-state index is 13.5. The zero-order valence-electron chi connectivity index (χ0n) is 14.3. The van der Waals surface area contributed by atoms with E-state index in [1.54, 1.807) is 24.3 Å². The molecular weight excluding hydrogens is 338 g/mol. The van der Waals surface area contributed by atoms with Crippen molar-refractivity contribution in [1.29, 1.82) is 0 Å². The summed E-state index contributed by atoms with van der Waals surface area (Å²) in [4.78, 5) is 15.8. The molecule has 1 aromatic carbocycles. The van der Waals surface area contributed by atoms with Crippen molar-refractivity contribution in [3.05, 3.63) is 29.8 Å². The molecule has 0 aliphatic carbocycles. The van der Waals surface area contributed by atoms with Gasteiger partial charge in [-0.3, -0.25) is 15.2 Å². The fraction of sp³-hybridized carbons (Fsp3) is 0.471. The van der Waals surface area contributed by atoms with Crippen molar-refractivity contribution in [2.45, 2.75) is 45.5 Å². The summed E-state index contributed by atoms with van der Waals surface area (Å²) in [5.74, 6) is -6.87. The van der Waals surface area contributed by atoms with Crippen LogP contribution in [-0.4, -0.2) is 36.6 Å². The zero-order valence-corrected chi connectivity index (χ0v) is 14.3. The van der Waals surface area contributed by atoms with Crippen LogP contribution in [0.3, 0.4) is 0 Å². The number of unbranched alkanes of at least 4 members (excludes halogenated alkanes) is 1. The topological polar surface area (TPSA) is 53.8 Å². The molecule has 0 saturated heterocycles. The predicted octanol–water partition coefficient (Wildman–Crippen LogP) is 4.49.